The maximum atomic E-state index is 12.9. The summed E-state index contributed by atoms with van der Waals surface area (Å²) in [4.78, 5) is 25.9. The molecule has 1 aliphatic rings. The highest BCUT2D eigenvalue weighted by Gasteiger charge is 2.34. The zero-order chi connectivity index (χ0) is 23.8. The lowest BCUT2D eigenvalue weighted by molar-refractivity contribution is -0.141. The molecular formula is C19H22F3N3O5S2. The number of rotatable bonds is 5. The van der Waals surface area contributed by atoms with Crippen molar-refractivity contribution in [3.05, 3.63) is 40.0 Å². The second-order valence-electron chi connectivity index (χ2n) is 7.33. The SMILES string of the molecule is COC(=O)c1csc(S(=O)(=O)N2CCN(C(=O)c3cc(C)n(CC(F)(F)F)c3C)CC2)c1. The molecule has 0 aliphatic carbocycles. The Morgan fingerprint density at radius 1 is 1.12 bits per heavy atom. The first kappa shape index (κ1) is 24.3. The van der Waals surface area contributed by atoms with Crippen LogP contribution in [0.1, 0.15) is 32.1 Å². The van der Waals surface area contributed by atoms with Crippen molar-refractivity contribution in [3.8, 4) is 0 Å². The number of hydrogen-bond donors (Lipinski definition) is 0. The quantitative estimate of drug-likeness (QED) is 0.598. The van der Waals surface area contributed by atoms with E-state index in [9.17, 15) is 31.2 Å². The van der Waals surface area contributed by atoms with E-state index in [4.69, 9.17) is 0 Å². The Morgan fingerprint density at radius 3 is 2.31 bits per heavy atom. The van der Waals surface area contributed by atoms with Gasteiger partial charge in [-0.25, -0.2) is 13.2 Å². The normalized spacial score (nSPS) is 15.8. The predicted molar refractivity (Wildman–Crippen MR) is 110 cm³/mol. The van der Waals surface area contributed by atoms with E-state index in [1.165, 1.54) is 47.7 Å². The van der Waals surface area contributed by atoms with Crippen molar-refractivity contribution in [2.75, 3.05) is 33.3 Å². The van der Waals surface area contributed by atoms with E-state index in [0.29, 0.717) is 5.69 Å². The molecule has 0 saturated carbocycles. The largest absolute Gasteiger partial charge is 0.465 e. The van der Waals surface area contributed by atoms with Crippen molar-refractivity contribution in [3.63, 3.8) is 0 Å². The van der Waals surface area contributed by atoms with Crippen molar-refractivity contribution in [1.82, 2.24) is 13.8 Å². The minimum atomic E-state index is -4.41. The second-order valence-corrected chi connectivity index (χ2v) is 10.4. The van der Waals surface area contributed by atoms with Crippen molar-refractivity contribution in [1.29, 1.82) is 0 Å². The molecule has 13 heteroatoms. The van der Waals surface area contributed by atoms with Gasteiger partial charge < -0.3 is 14.2 Å². The summed E-state index contributed by atoms with van der Waals surface area (Å²) in [5.74, 6) is -1.08. The molecule has 0 aromatic carbocycles. The van der Waals surface area contributed by atoms with E-state index < -0.39 is 34.6 Å². The van der Waals surface area contributed by atoms with Crippen molar-refractivity contribution in [2.45, 2.75) is 30.8 Å². The van der Waals surface area contributed by atoms with Crippen LogP contribution >= 0.6 is 11.3 Å². The molecular weight excluding hydrogens is 471 g/mol. The second kappa shape index (κ2) is 8.87. The molecule has 0 atom stereocenters. The first-order valence-corrected chi connectivity index (χ1v) is 11.9. The van der Waals surface area contributed by atoms with Gasteiger partial charge in [0.25, 0.3) is 15.9 Å². The number of aromatic nitrogens is 1. The van der Waals surface area contributed by atoms with E-state index in [1.807, 2.05) is 0 Å². The molecule has 0 radical (unpaired) electrons. The van der Waals surface area contributed by atoms with Gasteiger partial charge in [0.15, 0.2) is 0 Å². The molecule has 1 fully saturated rings. The van der Waals surface area contributed by atoms with Gasteiger partial charge in [0, 0.05) is 42.9 Å². The number of esters is 1. The molecule has 32 heavy (non-hydrogen) atoms. The molecule has 3 rings (SSSR count). The van der Waals surface area contributed by atoms with E-state index in [1.54, 1.807) is 0 Å². The van der Waals surface area contributed by atoms with Gasteiger partial charge in [0.2, 0.25) is 0 Å². The maximum Gasteiger partial charge on any atom is 0.406 e. The number of amides is 1. The number of carbonyl (C=O) groups excluding carboxylic acids is 2. The van der Waals surface area contributed by atoms with Crippen LogP contribution in [0.3, 0.4) is 0 Å². The summed E-state index contributed by atoms with van der Waals surface area (Å²) in [7, 11) is -2.65. The Labute approximate surface area is 187 Å². The highest BCUT2D eigenvalue weighted by atomic mass is 32.2. The molecule has 0 spiro atoms. The van der Waals surface area contributed by atoms with Crippen LogP contribution in [-0.4, -0.2) is 73.5 Å². The van der Waals surface area contributed by atoms with Gasteiger partial charge in [0.1, 0.15) is 10.8 Å². The zero-order valence-corrected chi connectivity index (χ0v) is 19.2. The average molecular weight is 494 g/mol. The highest BCUT2D eigenvalue weighted by molar-refractivity contribution is 7.91. The molecule has 3 heterocycles. The number of carbonyl (C=O) groups is 2. The third-order valence-corrected chi connectivity index (χ3v) is 8.57. The number of hydrogen-bond acceptors (Lipinski definition) is 6. The molecule has 0 bridgehead atoms. The molecule has 2 aromatic heterocycles. The van der Waals surface area contributed by atoms with Crippen molar-refractivity contribution < 1.29 is 35.9 Å². The Kier molecular flexibility index (Phi) is 6.72. The molecule has 0 unspecified atom stereocenters. The van der Waals surface area contributed by atoms with Crippen molar-refractivity contribution >= 4 is 33.2 Å². The lowest BCUT2D eigenvalue weighted by Gasteiger charge is -2.33. The van der Waals surface area contributed by atoms with Gasteiger partial charge in [-0.2, -0.15) is 17.5 Å². The van der Waals surface area contributed by atoms with Crippen LogP contribution < -0.4 is 0 Å². The summed E-state index contributed by atoms with van der Waals surface area (Å²) in [6, 6.07) is 2.67. The van der Waals surface area contributed by atoms with Crippen molar-refractivity contribution in [2.24, 2.45) is 0 Å². The van der Waals surface area contributed by atoms with E-state index in [0.717, 1.165) is 15.9 Å². The van der Waals surface area contributed by atoms with Gasteiger partial charge in [-0.3, -0.25) is 4.79 Å². The predicted octanol–water partition coefficient (Wildman–Crippen LogP) is 2.66. The fourth-order valence-electron chi connectivity index (χ4n) is 3.55. The van der Waals surface area contributed by atoms with Crippen LogP contribution in [0.5, 0.6) is 0 Å². The number of piperazine rings is 1. The summed E-state index contributed by atoms with van der Waals surface area (Å²) < 4.78 is 71.0. The average Bonchev–Trinajstić information content (AvgIpc) is 3.33. The number of halogens is 3. The van der Waals surface area contributed by atoms with Crippen LogP contribution in [0.2, 0.25) is 0 Å². The first-order chi connectivity index (χ1) is 14.8. The third-order valence-electron chi connectivity index (χ3n) is 5.26. The molecule has 1 amide bonds. The number of ether oxygens (including phenoxy) is 1. The fourth-order valence-corrected chi connectivity index (χ4v) is 6.27. The molecule has 1 aliphatic heterocycles. The van der Waals surface area contributed by atoms with Crippen LogP contribution in [0.4, 0.5) is 13.2 Å². The van der Waals surface area contributed by atoms with Gasteiger partial charge in [-0.1, -0.05) is 0 Å². The van der Waals surface area contributed by atoms with Gasteiger partial charge in [-0.15, -0.1) is 11.3 Å². The minimum absolute atomic E-state index is 0.00614. The Bertz CT molecular complexity index is 1130. The van der Waals surface area contributed by atoms with Crippen LogP contribution in [0.15, 0.2) is 21.7 Å². The minimum Gasteiger partial charge on any atom is -0.465 e. The van der Waals surface area contributed by atoms with E-state index in [2.05, 4.69) is 4.74 Å². The summed E-state index contributed by atoms with van der Waals surface area (Å²) in [6.07, 6.45) is -4.41. The van der Waals surface area contributed by atoms with Gasteiger partial charge >= 0.3 is 12.1 Å². The Balaban J connectivity index is 1.71. The lowest BCUT2D eigenvalue weighted by Crippen LogP contribution is -2.50. The monoisotopic (exact) mass is 493 g/mol. The van der Waals surface area contributed by atoms with Gasteiger partial charge in [0.05, 0.1) is 18.2 Å². The van der Waals surface area contributed by atoms with Gasteiger partial charge in [-0.05, 0) is 26.0 Å². The Hall–Kier alpha value is -2.38. The zero-order valence-electron chi connectivity index (χ0n) is 17.6. The smallest absolute Gasteiger partial charge is 0.406 e. The number of sulfonamides is 1. The fraction of sp³-hybridized carbons (Fsp3) is 0.474. The highest BCUT2D eigenvalue weighted by Crippen LogP contribution is 2.27. The molecule has 2 aromatic rings. The van der Waals surface area contributed by atoms with Crippen LogP contribution in [-0.2, 0) is 21.3 Å². The first-order valence-electron chi connectivity index (χ1n) is 9.55. The van der Waals surface area contributed by atoms with Crippen LogP contribution in [0.25, 0.3) is 0 Å². The Morgan fingerprint density at radius 2 is 1.75 bits per heavy atom. The lowest BCUT2D eigenvalue weighted by atomic mass is 10.2. The molecule has 0 N–H and O–H groups in total. The molecule has 1 saturated heterocycles. The van der Waals surface area contributed by atoms with E-state index in [-0.39, 0.29) is 47.2 Å². The summed E-state index contributed by atoms with van der Waals surface area (Å²) >= 11 is 0.903. The number of methoxy groups -OCH3 is 1. The summed E-state index contributed by atoms with van der Waals surface area (Å²) in [6.45, 7) is 2.03. The number of aryl methyl sites for hydroxylation is 1. The number of nitrogens with zero attached hydrogens (tertiary/aromatic N) is 3. The van der Waals surface area contributed by atoms with E-state index >= 15 is 0 Å². The summed E-state index contributed by atoms with van der Waals surface area (Å²) in [5, 5.41) is 1.40. The number of thiophene rings is 1. The summed E-state index contributed by atoms with van der Waals surface area (Å²) in [5.41, 5.74) is 0.848. The molecule has 8 nitrogen and oxygen atoms in total. The standard InChI is InChI=1S/C19H22F3N3O5S2/c1-12-8-15(13(2)25(12)11-19(20,21)22)17(26)23-4-6-24(7-5-23)32(28,29)16-9-14(10-31-16)18(27)30-3/h8-10H,4-7,11H2,1-3H3. The topological polar surface area (TPSA) is 88.9 Å². The number of alkyl halides is 3. The maximum absolute atomic E-state index is 12.9. The third kappa shape index (κ3) is 4.84. The van der Waals surface area contributed by atoms with Crippen LogP contribution in [0, 0.1) is 13.8 Å². The molecule has 176 valence electrons.